The first kappa shape index (κ1) is 14.6. The van der Waals surface area contributed by atoms with Crippen molar-refractivity contribution < 1.29 is 0 Å². The molecule has 1 atom stereocenters. The van der Waals surface area contributed by atoms with Gasteiger partial charge < -0.3 is 10.3 Å². The van der Waals surface area contributed by atoms with Crippen LogP contribution in [-0.2, 0) is 19.5 Å². The number of fused-ring (bicyclic) bond motifs is 1. The van der Waals surface area contributed by atoms with Crippen LogP contribution in [0.3, 0.4) is 0 Å². The third-order valence-corrected chi connectivity index (χ3v) is 4.87. The molecule has 0 aliphatic carbocycles. The minimum absolute atomic E-state index is 0.0660. The van der Waals surface area contributed by atoms with Gasteiger partial charge in [0, 0.05) is 37.7 Å². The van der Waals surface area contributed by atoms with E-state index in [0.29, 0.717) is 5.92 Å². The number of benzene rings is 1. The highest BCUT2D eigenvalue weighted by molar-refractivity contribution is 5.23. The molecule has 0 amide bonds. The van der Waals surface area contributed by atoms with Crippen molar-refractivity contribution in [2.45, 2.75) is 31.8 Å². The van der Waals surface area contributed by atoms with Gasteiger partial charge in [-0.15, -0.1) is 0 Å². The summed E-state index contributed by atoms with van der Waals surface area (Å²) in [7, 11) is 0. The standard InChI is InChI=1S/C18H22N4O/c23-18-15-7-9-22(11-13-4-2-1-3-5-13)12-16(15)20-17(21-18)14-6-8-19-10-14/h1-5,14,19H,6-12H2,(H,20,21,23). The third-order valence-electron chi connectivity index (χ3n) is 4.87. The fraction of sp³-hybridized carbons (Fsp3) is 0.444. The molecule has 23 heavy (non-hydrogen) atoms. The zero-order valence-corrected chi connectivity index (χ0v) is 13.2. The summed E-state index contributed by atoms with van der Waals surface area (Å²) in [5.41, 5.74) is 3.22. The molecular weight excluding hydrogens is 288 g/mol. The Balaban J connectivity index is 1.56. The summed E-state index contributed by atoms with van der Waals surface area (Å²) >= 11 is 0. The topological polar surface area (TPSA) is 61.0 Å². The molecule has 1 unspecified atom stereocenters. The molecule has 5 nitrogen and oxygen atoms in total. The predicted molar refractivity (Wildman–Crippen MR) is 89.3 cm³/mol. The second-order valence-electron chi connectivity index (χ2n) is 6.51. The molecule has 0 spiro atoms. The maximum absolute atomic E-state index is 12.4. The van der Waals surface area contributed by atoms with Crippen molar-refractivity contribution in [1.82, 2.24) is 20.2 Å². The molecular formula is C18H22N4O. The summed E-state index contributed by atoms with van der Waals surface area (Å²) in [5, 5.41) is 3.34. The fourth-order valence-electron chi connectivity index (χ4n) is 3.57. The molecule has 3 heterocycles. The number of aromatic nitrogens is 2. The van der Waals surface area contributed by atoms with Crippen molar-refractivity contribution in [3.8, 4) is 0 Å². The maximum Gasteiger partial charge on any atom is 0.254 e. The van der Waals surface area contributed by atoms with E-state index in [9.17, 15) is 4.79 Å². The largest absolute Gasteiger partial charge is 0.316 e. The van der Waals surface area contributed by atoms with Crippen molar-refractivity contribution in [3.63, 3.8) is 0 Å². The molecule has 2 aromatic rings. The Bertz CT molecular complexity index is 734. The predicted octanol–water partition coefficient (Wildman–Crippen LogP) is 1.41. The SMILES string of the molecule is O=c1[nH]c(C2CCNC2)nc2c1CCN(Cc1ccccc1)C2. The highest BCUT2D eigenvalue weighted by Crippen LogP contribution is 2.21. The van der Waals surface area contributed by atoms with Crippen LogP contribution in [0.2, 0.25) is 0 Å². The smallest absolute Gasteiger partial charge is 0.254 e. The molecule has 0 saturated carbocycles. The third kappa shape index (κ3) is 3.07. The van der Waals surface area contributed by atoms with E-state index < -0.39 is 0 Å². The molecule has 1 saturated heterocycles. The van der Waals surface area contributed by atoms with Gasteiger partial charge in [-0.3, -0.25) is 9.69 Å². The monoisotopic (exact) mass is 310 g/mol. The minimum atomic E-state index is 0.0660. The number of rotatable bonds is 3. The molecule has 2 aliphatic rings. The van der Waals surface area contributed by atoms with Crippen LogP contribution in [0.5, 0.6) is 0 Å². The number of hydrogen-bond donors (Lipinski definition) is 2. The van der Waals surface area contributed by atoms with Crippen LogP contribution < -0.4 is 10.9 Å². The number of H-pyrrole nitrogens is 1. The van der Waals surface area contributed by atoms with Crippen LogP contribution in [0.1, 0.15) is 35.0 Å². The van der Waals surface area contributed by atoms with Crippen LogP contribution in [0, 0.1) is 0 Å². The average molecular weight is 310 g/mol. The molecule has 120 valence electrons. The maximum atomic E-state index is 12.4. The van der Waals surface area contributed by atoms with E-state index in [1.165, 1.54) is 5.56 Å². The van der Waals surface area contributed by atoms with Crippen molar-refractivity contribution >= 4 is 0 Å². The lowest BCUT2D eigenvalue weighted by molar-refractivity contribution is 0.240. The van der Waals surface area contributed by atoms with Crippen molar-refractivity contribution in [3.05, 3.63) is 63.3 Å². The van der Waals surface area contributed by atoms with Crippen molar-refractivity contribution in [1.29, 1.82) is 0 Å². The van der Waals surface area contributed by atoms with E-state index in [-0.39, 0.29) is 5.56 Å². The van der Waals surface area contributed by atoms with E-state index in [0.717, 1.165) is 62.6 Å². The van der Waals surface area contributed by atoms with Gasteiger partial charge in [0.1, 0.15) is 5.82 Å². The Hall–Kier alpha value is -1.98. The van der Waals surface area contributed by atoms with E-state index >= 15 is 0 Å². The number of aromatic amines is 1. The lowest BCUT2D eigenvalue weighted by Gasteiger charge is -2.28. The number of nitrogens with zero attached hydrogens (tertiary/aromatic N) is 2. The number of nitrogens with one attached hydrogen (secondary N) is 2. The van der Waals surface area contributed by atoms with E-state index in [2.05, 4.69) is 39.5 Å². The molecule has 1 fully saturated rings. The van der Waals surface area contributed by atoms with E-state index in [4.69, 9.17) is 4.98 Å². The van der Waals surface area contributed by atoms with E-state index in [1.54, 1.807) is 0 Å². The van der Waals surface area contributed by atoms with Crippen LogP contribution in [-0.4, -0.2) is 34.5 Å². The second kappa shape index (κ2) is 6.26. The van der Waals surface area contributed by atoms with Gasteiger partial charge in [-0.2, -0.15) is 0 Å². The van der Waals surface area contributed by atoms with Gasteiger partial charge in [0.25, 0.3) is 5.56 Å². The van der Waals surface area contributed by atoms with Crippen molar-refractivity contribution in [2.75, 3.05) is 19.6 Å². The Kier molecular flexibility index (Phi) is 3.97. The lowest BCUT2D eigenvalue weighted by atomic mass is 10.0. The highest BCUT2D eigenvalue weighted by atomic mass is 16.1. The molecule has 0 bridgehead atoms. The van der Waals surface area contributed by atoms with Gasteiger partial charge in [-0.05, 0) is 24.9 Å². The molecule has 5 heteroatoms. The summed E-state index contributed by atoms with van der Waals surface area (Å²) in [6, 6.07) is 10.5. The first-order chi connectivity index (χ1) is 11.3. The summed E-state index contributed by atoms with van der Waals surface area (Å²) < 4.78 is 0. The molecule has 2 aliphatic heterocycles. The van der Waals surface area contributed by atoms with Gasteiger partial charge in [0.05, 0.1) is 5.69 Å². The Labute approximate surface area is 135 Å². The van der Waals surface area contributed by atoms with Gasteiger partial charge >= 0.3 is 0 Å². The van der Waals surface area contributed by atoms with Crippen LogP contribution >= 0.6 is 0 Å². The summed E-state index contributed by atoms with van der Waals surface area (Å²) in [4.78, 5) is 22.6. The molecule has 1 aromatic heterocycles. The molecule has 0 radical (unpaired) electrons. The van der Waals surface area contributed by atoms with Crippen LogP contribution in [0.25, 0.3) is 0 Å². The first-order valence-electron chi connectivity index (χ1n) is 8.38. The summed E-state index contributed by atoms with van der Waals surface area (Å²) in [5.74, 6) is 1.21. The van der Waals surface area contributed by atoms with E-state index in [1.807, 2.05) is 6.07 Å². The highest BCUT2D eigenvalue weighted by Gasteiger charge is 2.24. The summed E-state index contributed by atoms with van der Waals surface area (Å²) in [6.07, 6.45) is 1.84. The normalized spacial score (nSPS) is 21.3. The van der Waals surface area contributed by atoms with Gasteiger partial charge in [0.2, 0.25) is 0 Å². The Morgan fingerprint density at radius 2 is 2.13 bits per heavy atom. The van der Waals surface area contributed by atoms with Gasteiger partial charge in [-0.1, -0.05) is 30.3 Å². The zero-order chi connectivity index (χ0) is 15.6. The van der Waals surface area contributed by atoms with Gasteiger partial charge in [-0.25, -0.2) is 4.98 Å². The Morgan fingerprint density at radius 1 is 1.26 bits per heavy atom. The molecule has 4 rings (SSSR count). The molecule has 1 aromatic carbocycles. The van der Waals surface area contributed by atoms with Crippen molar-refractivity contribution in [2.24, 2.45) is 0 Å². The quantitative estimate of drug-likeness (QED) is 0.900. The van der Waals surface area contributed by atoms with Gasteiger partial charge in [0.15, 0.2) is 0 Å². The first-order valence-corrected chi connectivity index (χ1v) is 8.38. The second-order valence-corrected chi connectivity index (χ2v) is 6.51. The van der Waals surface area contributed by atoms with Crippen LogP contribution in [0.15, 0.2) is 35.1 Å². The fourth-order valence-corrected chi connectivity index (χ4v) is 3.57. The molecule has 2 N–H and O–H groups in total. The summed E-state index contributed by atoms with van der Waals surface area (Å²) in [6.45, 7) is 4.51. The Morgan fingerprint density at radius 3 is 2.91 bits per heavy atom. The van der Waals surface area contributed by atoms with Crippen LogP contribution in [0.4, 0.5) is 0 Å². The average Bonchev–Trinajstić information content (AvgIpc) is 3.10. The number of hydrogen-bond acceptors (Lipinski definition) is 4. The zero-order valence-electron chi connectivity index (χ0n) is 13.2. The minimum Gasteiger partial charge on any atom is -0.316 e. The lowest BCUT2D eigenvalue weighted by Crippen LogP contribution is -2.35.